The summed E-state index contributed by atoms with van der Waals surface area (Å²) < 4.78 is 5.19. The molecule has 0 saturated carbocycles. The quantitative estimate of drug-likeness (QED) is 0.677. The van der Waals surface area contributed by atoms with E-state index in [4.69, 9.17) is 16.1 Å². The van der Waals surface area contributed by atoms with Gasteiger partial charge in [0.1, 0.15) is 17.0 Å². The van der Waals surface area contributed by atoms with Crippen LogP contribution in [0.4, 0.5) is 5.69 Å². The van der Waals surface area contributed by atoms with E-state index in [1.165, 1.54) is 12.1 Å². The van der Waals surface area contributed by atoms with E-state index in [0.29, 0.717) is 27.7 Å². The lowest BCUT2D eigenvalue weighted by molar-refractivity contribution is 0.0878. The number of imide groups is 1. The highest BCUT2D eigenvalue weighted by molar-refractivity contribution is 6.33. The first-order chi connectivity index (χ1) is 13.0. The van der Waals surface area contributed by atoms with Gasteiger partial charge in [-0.25, -0.2) is 0 Å². The molecule has 2 aromatic carbocycles. The van der Waals surface area contributed by atoms with Crippen molar-refractivity contribution in [3.8, 4) is 11.3 Å². The lowest BCUT2D eigenvalue weighted by Crippen LogP contribution is -2.19. The molecule has 0 unspecified atom stereocenters. The number of rotatable bonds is 3. The number of hydrogen-bond donors (Lipinski definition) is 2. The zero-order valence-corrected chi connectivity index (χ0v) is 14.8. The molecular weight excluding hydrogens is 370 g/mol. The van der Waals surface area contributed by atoms with Crippen LogP contribution in [0, 0.1) is 6.92 Å². The van der Waals surface area contributed by atoms with Gasteiger partial charge in [0.25, 0.3) is 17.7 Å². The van der Waals surface area contributed by atoms with Crippen molar-refractivity contribution >= 4 is 35.0 Å². The maximum absolute atomic E-state index is 12.8. The molecule has 1 aliphatic heterocycles. The molecule has 1 aliphatic rings. The summed E-state index contributed by atoms with van der Waals surface area (Å²) in [6.45, 7) is 1.62. The molecule has 0 radical (unpaired) electrons. The second-order valence-electron chi connectivity index (χ2n) is 5.94. The number of carbonyl (C=O) groups is 3. The Morgan fingerprint density at radius 2 is 1.81 bits per heavy atom. The maximum atomic E-state index is 12.8. The van der Waals surface area contributed by atoms with Gasteiger partial charge in [0.05, 0.1) is 16.1 Å². The van der Waals surface area contributed by atoms with Gasteiger partial charge in [-0.2, -0.15) is 0 Å². The molecular formula is C19H12ClN3O4. The molecule has 7 nitrogen and oxygen atoms in total. The number of nitrogens with one attached hydrogen (secondary N) is 2. The van der Waals surface area contributed by atoms with E-state index in [1.54, 1.807) is 37.3 Å². The number of carbonyl (C=O) groups excluding carboxylic acids is 3. The van der Waals surface area contributed by atoms with Crippen LogP contribution in [-0.2, 0) is 0 Å². The number of benzene rings is 2. The van der Waals surface area contributed by atoms with Crippen molar-refractivity contribution in [2.45, 2.75) is 6.92 Å². The minimum absolute atomic E-state index is 0.214. The van der Waals surface area contributed by atoms with Crippen LogP contribution in [0.1, 0.15) is 36.8 Å². The van der Waals surface area contributed by atoms with Gasteiger partial charge in [-0.15, -0.1) is 0 Å². The van der Waals surface area contributed by atoms with Crippen LogP contribution >= 0.6 is 11.6 Å². The fourth-order valence-electron chi connectivity index (χ4n) is 2.92. The molecule has 27 heavy (non-hydrogen) atoms. The Balaban J connectivity index is 1.69. The lowest BCUT2D eigenvalue weighted by Gasteiger charge is -2.07. The zero-order chi connectivity index (χ0) is 19.1. The second kappa shape index (κ2) is 6.37. The second-order valence-corrected chi connectivity index (χ2v) is 6.35. The molecule has 3 aromatic rings. The van der Waals surface area contributed by atoms with Gasteiger partial charge in [-0.05, 0) is 31.2 Å². The molecule has 134 valence electrons. The van der Waals surface area contributed by atoms with Crippen molar-refractivity contribution in [1.82, 2.24) is 10.5 Å². The molecule has 0 fully saturated rings. The summed E-state index contributed by atoms with van der Waals surface area (Å²) in [5.74, 6) is -1.09. The van der Waals surface area contributed by atoms with E-state index in [0.717, 1.165) is 0 Å². The maximum Gasteiger partial charge on any atom is 0.261 e. The number of fused-ring (bicyclic) bond motifs is 1. The molecule has 1 aromatic heterocycles. The number of aryl methyl sites for hydroxylation is 1. The standard InChI is InChI=1S/C19H12ClN3O4/c1-9-15(16(23-27-9)12-4-2-3-5-14(12)20)19(26)21-10-6-7-11-13(8-10)18(25)22-17(11)24/h2-8H,1H3,(H,21,26)(H,22,24,25). The summed E-state index contributed by atoms with van der Waals surface area (Å²) in [4.78, 5) is 36.2. The Morgan fingerprint density at radius 3 is 2.59 bits per heavy atom. The summed E-state index contributed by atoms with van der Waals surface area (Å²) in [5, 5.41) is 9.31. The molecule has 3 amide bonds. The molecule has 8 heteroatoms. The Labute approximate surface area is 158 Å². The van der Waals surface area contributed by atoms with Crippen LogP contribution in [0.15, 0.2) is 47.0 Å². The van der Waals surface area contributed by atoms with Crippen molar-refractivity contribution < 1.29 is 18.9 Å². The average Bonchev–Trinajstić information content (AvgIpc) is 3.15. The first-order valence-electron chi connectivity index (χ1n) is 7.98. The molecule has 0 bridgehead atoms. The monoisotopic (exact) mass is 381 g/mol. The fraction of sp³-hybridized carbons (Fsp3) is 0.0526. The summed E-state index contributed by atoms with van der Waals surface area (Å²) in [6.07, 6.45) is 0. The summed E-state index contributed by atoms with van der Waals surface area (Å²) >= 11 is 6.21. The normalized spacial score (nSPS) is 12.7. The lowest BCUT2D eigenvalue weighted by atomic mass is 10.0. The largest absolute Gasteiger partial charge is 0.360 e. The van der Waals surface area contributed by atoms with Gasteiger partial charge in [-0.1, -0.05) is 35.0 Å². The molecule has 2 heterocycles. The topological polar surface area (TPSA) is 101 Å². The third-order valence-electron chi connectivity index (χ3n) is 4.21. The zero-order valence-electron chi connectivity index (χ0n) is 14.0. The predicted octanol–water partition coefficient (Wildman–Crippen LogP) is 3.44. The molecule has 4 rings (SSSR count). The summed E-state index contributed by atoms with van der Waals surface area (Å²) in [6, 6.07) is 11.5. The highest BCUT2D eigenvalue weighted by Crippen LogP contribution is 2.31. The van der Waals surface area contributed by atoms with E-state index in [9.17, 15) is 14.4 Å². The summed E-state index contributed by atoms with van der Waals surface area (Å²) in [7, 11) is 0. The Bertz CT molecular complexity index is 1120. The van der Waals surface area contributed by atoms with Crippen molar-refractivity contribution in [3.05, 3.63) is 69.9 Å². The molecule has 0 saturated heterocycles. The number of hydrogen-bond acceptors (Lipinski definition) is 5. The molecule has 0 spiro atoms. The average molecular weight is 382 g/mol. The van der Waals surface area contributed by atoms with Gasteiger partial charge < -0.3 is 9.84 Å². The third-order valence-corrected chi connectivity index (χ3v) is 4.54. The molecule has 0 aliphatic carbocycles. The van der Waals surface area contributed by atoms with E-state index in [2.05, 4.69) is 15.8 Å². The fourth-order valence-corrected chi connectivity index (χ4v) is 3.14. The first kappa shape index (κ1) is 17.0. The van der Waals surface area contributed by atoms with Crippen LogP contribution in [0.3, 0.4) is 0 Å². The first-order valence-corrected chi connectivity index (χ1v) is 8.36. The Hall–Kier alpha value is -3.45. The van der Waals surface area contributed by atoms with Gasteiger partial charge >= 0.3 is 0 Å². The van der Waals surface area contributed by atoms with Crippen LogP contribution in [0.5, 0.6) is 0 Å². The number of aromatic nitrogens is 1. The highest BCUT2D eigenvalue weighted by Gasteiger charge is 2.28. The van der Waals surface area contributed by atoms with Gasteiger partial charge in [-0.3, -0.25) is 19.7 Å². The van der Waals surface area contributed by atoms with Crippen LogP contribution < -0.4 is 10.6 Å². The number of nitrogens with zero attached hydrogens (tertiary/aromatic N) is 1. The van der Waals surface area contributed by atoms with E-state index in [-0.39, 0.29) is 16.7 Å². The minimum Gasteiger partial charge on any atom is -0.360 e. The van der Waals surface area contributed by atoms with Crippen molar-refractivity contribution in [2.75, 3.05) is 5.32 Å². The van der Waals surface area contributed by atoms with Crippen molar-refractivity contribution in [1.29, 1.82) is 0 Å². The molecule has 2 N–H and O–H groups in total. The van der Waals surface area contributed by atoms with Gasteiger partial charge in [0.15, 0.2) is 0 Å². The minimum atomic E-state index is -0.496. The van der Waals surface area contributed by atoms with E-state index >= 15 is 0 Å². The Morgan fingerprint density at radius 1 is 1.07 bits per heavy atom. The SMILES string of the molecule is Cc1onc(-c2ccccc2Cl)c1C(=O)Nc1ccc2c(c1)C(=O)NC2=O. The third kappa shape index (κ3) is 2.88. The summed E-state index contributed by atoms with van der Waals surface area (Å²) in [5.41, 5.74) is 1.99. The number of halogens is 1. The van der Waals surface area contributed by atoms with Crippen molar-refractivity contribution in [2.24, 2.45) is 0 Å². The highest BCUT2D eigenvalue weighted by atomic mass is 35.5. The van der Waals surface area contributed by atoms with Crippen molar-refractivity contribution in [3.63, 3.8) is 0 Å². The number of anilines is 1. The van der Waals surface area contributed by atoms with Crippen LogP contribution in [0.25, 0.3) is 11.3 Å². The molecule has 0 atom stereocenters. The van der Waals surface area contributed by atoms with Crippen LogP contribution in [0.2, 0.25) is 5.02 Å². The van der Waals surface area contributed by atoms with Crippen LogP contribution in [-0.4, -0.2) is 22.9 Å². The predicted molar refractivity (Wildman–Crippen MR) is 97.9 cm³/mol. The van der Waals surface area contributed by atoms with E-state index in [1.807, 2.05) is 0 Å². The van der Waals surface area contributed by atoms with Gasteiger partial charge in [0.2, 0.25) is 0 Å². The van der Waals surface area contributed by atoms with E-state index < -0.39 is 17.7 Å². The van der Waals surface area contributed by atoms with Gasteiger partial charge in [0, 0.05) is 11.3 Å². The Kier molecular flexibility index (Phi) is 4.01. The number of amides is 3. The smallest absolute Gasteiger partial charge is 0.261 e.